The Morgan fingerprint density at radius 1 is 0.750 bits per heavy atom. The molecule has 0 amide bonds. The van der Waals surface area contributed by atoms with Crippen molar-refractivity contribution >= 4 is 81.9 Å². The molecule has 84 valence electrons. The molecular formula is C9H6S7. The first kappa shape index (κ1) is 12.2. The van der Waals surface area contributed by atoms with E-state index in [0.717, 1.165) is 3.14 Å². The monoisotopic (exact) mass is 338 g/mol. The number of hydrogen-bond donors (Lipinski definition) is 0. The minimum Gasteiger partial charge on any atom is -0.105 e. The van der Waals surface area contributed by atoms with Crippen LogP contribution >= 0.6 is 81.9 Å². The fraction of sp³-hybridized carbons (Fsp3) is 0.222. The first-order valence-electron chi connectivity index (χ1n) is 4.40. The lowest BCUT2D eigenvalue weighted by molar-refractivity contribution is 1.56. The molecule has 0 fully saturated rings. The Hall–Kier alpha value is 1.15. The zero-order chi connectivity index (χ0) is 11.3. The maximum atomic E-state index is 5.21. The van der Waals surface area contributed by atoms with Gasteiger partial charge < -0.3 is 0 Å². The van der Waals surface area contributed by atoms with Crippen molar-refractivity contribution < 1.29 is 0 Å². The van der Waals surface area contributed by atoms with E-state index < -0.39 is 0 Å². The molecule has 0 spiro atoms. The molecule has 0 saturated carbocycles. The summed E-state index contributed by atoms with van der Waals surface area (Å²) in [7, 11) is 0. The van der Waals surface area contributed by atoms with Crippen molar-refractivity contribution in [2.45, 2.75) is 22.3 Å². The number of allylic oxidation sites excluding steroid dienone is 2. The zero-order valence-corrected chi connectivity index (χ0v) is 14.1. The molecule has 0 aliphatic carbocycles. The Bertz CT molecular complexity index is 526. The predicted octanol–water partition coefficient (Wildman–Crippen LogP) is 6.59. The first-order chi connectivity index (χ1) is 7.63. The van der Waals surface area contributed by atoms with Crippen molar-refractivity contribution in [3.63, 3.8) is 0 Å². The third kappa shape index (κ3) is 2.20. The van der Waals surface area contributed by atoms with Gasteiger partial charge in [-0.15, -0.1) is 22.7 Å². The second-order valence-electron chi connectivity index (χ2n) is 3.12. The van der Waals surface area contributed by atoms with E-state index in [4.69, 9.17) is 12.2 Å². The van der Waals surface area contributed by atoms with Gasteiger partial charge in [0, 0.05) is 0 Å². The van der Waals surface area contributed by atoms with Gasteiger partial charge in [-0.1, -0.05) is 59.3 Å². The fourth-order valence-corrected chi connectivity index (χ4v) is 10.6. The number of fused-ring (bicyclic) bond motifs is 1. The summed E-state index contributed by atoms with van der Waals surface area (Å²) < 4.78 is 6.73. The summed E-state index contributed by atoms with van der Waals surface area (Å²) in [6.07, 6.45) is 0. The summed E-state index contributed by atoms with van der Waals surface area (Å²) in [5, 5.41) is 0. The van der Waals surface area contributed by atoms with Gasteiger partial charge in [0.1, 0.15) is 3.14 Å². The summed E-state index contributed by atoms with van der Waals surface area (Å²) in [5.74, 6) is 0. The lowest BCUT2D eigenvalue weighted by atomic mass is 10.6. The van der Waals surface area contributed by atoms with Crippen LogP contribution in [0.2, 0.25) is 0 Å². The quantitative estimate of drug-likeness (QED) is 0.487. The zero-order valence-electron chi connectivity index (χ0n) is 8.36. The highest BCUT2D eigenvalue weighted by Gasteiger charge is 2.27. The average Bonchev–Trinajstić information content (AvgIpc) is 2.80. The van der Waals surface area contributed by atoms with E-state index in [1.807, 2.05) is 47.0 Å². The van der Waals surface area contributed by atoms with Crippen molar-refractivity contribution in [2.24, 2.45) is 0 Å². The second-order valence-corrected chi connectivity index (χ2v) is 11.9. The van der Waals surface area contributed by atoms with E-state index in [1.165, 1.54) is 26.7 Å². The lowest BCUT2D eigenvalue weighted by Gasteiger charge is -1.99. The highest BCUT2D eigenvalue weighted by atomic mass is 32.2. The van der Waals surface area contributed by atoms with Crippen LogP contribution in [0.4, 0.5) is 0 Å². The molecule has 16 heavy (non-hydrogen) atoms. The van der Waals surface area contributed by atoms with Gasteiger partial charge in [-0.25, -0.2) is 0 Å². The molecule has 3 rings (SSSR count). The van der Waals surface area contributed by atoms with Crippen LogP contribution in [0.15, 0.2) is 26.7 Å². The SMILES string of the molecule is CC1=C(C)SC(=C2Sc3sc(=S)sc3S2)S1. The van der Waals surface area contributed by atoms with E-state index in [-0.39, 0.29) is 0 Å². The number of rotatable bonds is 0. The van der Waals surface area contributed by atoms with Crippen molar-refractivity contribution in [2.75, 3.05) is 0 Å². The number of hydrogen-bond acceptors (Lipinski definition) is 7. The van der Waals surface area contributed by atoms with Crippen LogP contribution in [0.1, 0.15) is 13.8 Å². The lowest BCUT2D eigenvalue weighted by Crippen LogP contribution is -1.65. The third-order valence-electron chi connectivity index (χ3n) is 2.04. The molecule has 0 radical (unpaired) electrons. The summed E-state index contributed by atoms with van der Waals surface area (Å²) in [5.41, 5.74) is 0. The molecule has 7 heteroatoms. The summed E-state index contributed by atoms with van der Waals surface area (Å²) in [4.78, 5) is 2.88. The standard InChI is InChI=1S/C9H6S7/c1-3-4(2)12-5(11-3)6-13-7-8(14-6)16-9(10)15-7/h1-2H3. The Morgan fingerprint density at radius 3 is 1.69 bits per heavy atom. The van der Waals surface area contributed by atoms with Crippen molar-refractivity contribution in [1.29, 1.82) is 0 Å². The van der Waals surface area contributed by atoms with E-state index >= 15 is 0 Å². The smallest absolute Gasteiger partial charge is 0.105 e. The van der Waals surface area contributed by atoms with Crippen molar-refractivity contribution in [1.82, 2.24) is 0 Å². The van der Waals surface area contributed by atoms with Gasteiger partial charge in [0.25, 0.3) is 0 Å². The molecule has 0 bridgehead atoms. The molecule has 1 aromatic rings. The van der Waals surface area contributed by atoms with Gasteiger partial charge in [-0.3, -0.25) is 0 Å². The minimum absolute atomic E-state index is 1.05. The van der Waals surface area contributed by atoms with Crippen LogP contribution in [0.3, 0.4) is 0 Å². The van der Waals surface area contributed by atoms with Gasteiger partial charge in [0.15, 0.2) is 0 Å². The summed E-state index contributed by atoms with van der Waals surface area (Å²) in [6, 6.07) is 0. The Labute approximate surface area is 124 Å². The maximum Gasteiger partial charge on any atom is 0.145 e. The molecule has 0 N–H and O–H groups in total. The van der Waals surface area contributed by atoms with Gasteiger partial charge in [-0.05, 0) is 23.7 Å². The molecule has 0 unspecified atom stereocenters. The molecule has 0 saturated heterocycles. The Morgan fingerprint density at radius 2 is 1.19 bits per heavy atom. The third-order valence-corrected chi connectivity index (χ3v) is 10.9. The molecule has 2 aliphatic rings. The summed E-state index contributed by atoms with van der Waals surface area (Å²) >= 11 is 16.3. The normalized spacial score (nSPS) is 19.9. The topological polar surface area (TPSA) is 0 Å². The first-order valence-corrected chi connectivity index (χ1v) is 9.71. The number of thioether (sulfide) groups is 4. The van der Waals surface area contributed by atoms with Crippen LogP contribution in [0.25, 0.3) is 0 Å². The van der Waals surface area contributed by atoms with E-state index in [1.54, 1.807) is 22.7 Å². The van der Waals surface area contributed by atoms with Crippen molar-refractivity contribution in [3.05, 3.63) is 21.4 Å². The second kappa shape index (κ2) is 4.68. The Balaban J connectivity index is 1.90. The molecule has 1 aromatic heterocycles. The minimum atomic E-state index is 1.05. The molecule has 0 nitrogen and oxygen atoms in total. The van der Waals surface area contributed by atoms with Crippen LogP contribution in [-0.2, 0) is 0 Å². The molecule has 3 heterocycles. The van der Waals surface area contributed by atoms with Gasteiger partial charge >= 0.3 is 0 Å². The van der Waals surface area contributed by atoms with Crippen LogP contribution in [0.5, 0.6) is 0 Å². The van der Waals surface area contributed by atoms with Crippen molar-refractivity contribution in [3.8, 4) is 0 Å². The van der Waals surface area contributed by atoms with Crippen LogP contribution < -0.4 is 0 Å². The van der Waals surface area contributed by atoms with E-state index in [9.17, 15) is 0 Å². The molecule has 0 atom stereocenters. The van der Waals surface area contributed by atoms with Crippen LogP contribution in [0, 0.1) is 3.14 Å². The molecule has 0 aromatic carbocycles. The van der Waals surface area contributed by atoms with E-state index in [0.29, 0.717) is 0 Å². The summed E-state index contributed by atoms with van der Waals surface area (Å²) in [6.45, 7) is 4.40. The predicted molar refractivity (Wildman–Crippen MR) is 85.3 cm³/mol. The van der Waals surface area contributed by atoms with Gasteiger partial charge in [-0.2, -0.15) is 0 Å². The van der Waals surface area contributed by atoms with Crippen LogP contribution in [-0.4, -0.2) is 0 Å². The van der Waals surface area contributed by atoms with E-state index in [2.05, 4.69) is 13.8 Å². The highest BCUT2D eigenvalue weighted by molar-refractivity contribution is 8.33. The maximum absolute atomic E-state index is 5.21. The van der Waals surface area contributed by atoms with Gasteiger partial charge in [0.2, 0.25) is 0 Å². The molecular weight excluding hydrogens is 333 g/mol. The fourth-order valence-electron chi connectivity index (χ4n) is 1.18. The molecule has 2 aliphatic heterocycles. The largest absolute Gasteiger partial charge is 0.145 e. The highest BCUT2D eigenvalue weighted by Crippen LogP contribution is 2.62. The average molecular weight is 339 g/mol. The van der Waals surface area contributed by atoms with Gasteiger partial charge in [0.05, 0.1) is 16.9 Å². The Kier molecular flexibility index (Phi) is 3.57.